The molecular formula is C17H16O2. The Morgan fingerprint density at radius 1 is 0.947 bits per heavy atom. The Bertz CT molecular complexity index is 612. The highest BCUT2D eigenvalue weighted by atomic mass is 16.5. The molecule has 0 saturated carbocycles. The molecule has 0 fully saturated rings. The molecular weight excluding hydrogens is 236 g/mol. The maximum Gasteiger partial charge on any atom is 0.338 e. The predicted molar refractivity (Wildman–Crippen MR) is 77.9 cm³/mol. The van der Waals surface area contributed by atoms with Crippen LogP contribution in [0, 0.1) is 6.92 Å². The summed E-state index contributed by atoms with van der Waals surface area (Å²) in [5.41, 5.74) is 3.78. The maximum atomic E-state index is 11.7. The highest BCUT2D eigenvalue weighted by Crippen LogP contribution is 2.16. The van der Waals surface area contributed by atoms with Gasteiger partial charge in [0, 0.05) is 0 Å². The summed E-state index contributed by atoms with van der Waals surface area (Å²) in [5.74, 6) is -0.315. The van der Waals surface area contributed by atoms with E-state index in [9.17, 15) is 4.79 Å². The molecule has 2 nitrogen and oxygen atoms in total. The van der Waals surface area contributed by atoms with Gasteiger partial charge in [-0.2, -0.15) is 0 Å². The van der Waals surface area contributed by atoms with E-state index >= 15 is 0 Å². The molecule has 96 valence electrons. The molecule has 0 aliphatic rings. The van der Waals surface area contributed by atoms with Gasteiger partial charge in [0.25, 0.3) is 0 Å². The van der Waals surface area contributed by atoms with Gasteiger partial charge >= 0.3 is 5.97 Å². The summed E-state index contributed by atoms with van der Waals surface area (Å²) < 4.78 is 4.78. The molecule has 0 bridgehead atoms. The van der Waals surface area contributed by atoms with E-state index in [1.807, 2.05) is 48.6 Å². The topological polar surface area (TPSA) is 26.3 Å². The van der Waals surface area contributed by atoms with Gasteiger partial charge in [-0.15, -0.1) is 0 Å². The quantitative estimate of drug-likeness (QED) is 0.610. The Kier molecular flexibility index (Phi) is 4.14. The molecule has 0 aromatic heterocycles. The smallest absolute Gasteiger partial charge is 0.338 e. The lowest BCUT2D eigenvalue weighted by molar-refractivity contribution is 0.0600. The third-order valence-corrected chi connectivity index (χ3v) is 3.00. The van der Waals surface area contributed by atoms with Crippen molar-refractivity contribution in [2.75, 3.05) is 7.11 Å². The van der Waals surface area contributed by atoms with Gasteiger partial charge in [0.2, 0.25) is 0 Å². The fourth-order valence-corrected chi connectivity index (χ4v) is 1.89. The van der Waals surface area contributed by atoms with Gasteiger partial charge in [0.1, 0.15) is 0 Å². The third kappa shape index (κ3) is 3.10. The molecule has 0 radical (unpaired) electrons. The lowest BCUT2D eigenvalue weighted by Gasteiger charge is -2.04. The van der Waals surface area contributed by atoms with Crippen LogP contribution in [-0.4, -0.2) is 13.1 Å². The predicted octanol–water partition coefficient (Wildman–Crippen LogP) is 3.95. The molecule has 0 N–H and O–H groups in total. The van der Waals surface area contributed by atoms with Crippen molar-refractivity contribution in [1.29, 1.82) is 0 Å². The van der Waals surface area contributed by atoms with Crippen LogP contribution in [0.25, 0.3) is 12.2 Å². The molecule has 0 atom stereocenters. The zero-order chi connectivity index (χ0) is 13.7. The first kappa shape index (κ1) is 13.1. The van der Waals surface area contributed by atoms with Crippen molar-refractivity contribution in [3.63, 3.8) is 0 Å². The summed E-state index contributed by atoms with van der Waals surface area (Å²) in [4.78, 5) is 11.7. The average molecular weight is 252 g/mol. The number of carbonyl (C=O) groups is 1. The summed E-state index contributed by atoms with van der Waals surface area (Å²) in [6, 6.07) is 15.5. The summed E-state index contributed by atoms with van der Waals surface area (Å²) in [7, 11) is 1.39. The second-order valence-electron chi connectivity index (χ2n) is 4.27. The zero-order valence-electron chi connectivity index (χ0n) is 11.1. The highest BCUT2D eigenvalue weighted by Gasteiger charge is 2.08. The van der Waals surface area contributed by atoms with Crippen LogP contribution < -0.4 is 0 Å². The molecule has 0 saturated heterocycles. The number of aryl methyl sites for hydroxylation is 1. The molecule has 0 heterocycles. The van der Waals surface area contributed by atoms with Crippen LogP contribution >= 0.6 is 0 Å². The molecule has 2 aromatic rings. The van der Waals surface area contributed by atoms with Gasteiger partial charge < -0.3 is 4.74 Å². The van der Waals surface area contributed by atoms with Crippen molar-refractivity contribution in [2.24, 2.45) is 0 Å². The molecule has 0 unspecified atom stereocenters. The van der Waals surface area contributed by atoms with E-state index in [0.717, 1.165) is 11.1 Å². The first-order valence-corrected chi connectivity index (χ1v) is 6.13. The van der Waals surface area contributed by atoms with Crippen LogP contribution in [0.4, 0.5) is 0 Å². The fourth-order valence-electron chi connectivity index (χ4n) is 1.89. The van der Waals surface area contributed by atoms with Gasteiger partial charge in [-0.25, -0.2) is 4.79 Å². The molecule has 0 aliphatic carbocycles. The molecule has 2 rings (SSSR count). The zero-order valence-corrected chi connectivity index (χ0v) is 11.1. The van der Waals surface area contributed by atoms with Crippen LogP contribution in [-0.2, 0) is 4.74 Å². The van der Waals surface area contributed by atoms with Crippen molar-refractivity contribution < 1.29 is 9.53 Å². The van der Waals surface area contributed by atoms with E-state index in [1.165, 1.54) is 12.7 Å². The Morgan fingerprint density at radius 3 is 2.21 bits per heavy atom. The molecule has 19 heavy (non-hydrogen) atoms. The number of ether oxygens (including phenoxy) is 1. The van der Waals surface area contributed by atoms with Crippen molar-refractivity contribution >= 4 is 18.1 Å². The Balaban J connectivity index is 2.34. The van der Waals surface area contributed by atoms with E-state index in [0.29, 0.717) is 5.56 Å². The summed E-state index contributed by atoms with van der Waals surface area (Å²) >= 11 is 0. The number of benzene rings is 2. The van der Waals surface area contributed by atoms with E-state index in [4.69, 9.17) is 4.74 Å². The largest absolute Gasteiger partial charge is 0.465 e. The molecule has 2 heteroatoms. The van der Waals surface area contributed by atoms with Gasteiger partial charge in [0.15, 0.2) is 0 Å². The van der Waals surface area contributed by atoms with Crippen molar-refractivity contribution in [2.45, 2.75) is 6.92 Å². The minimum atomic E-state index is -0.315. The summed E-state index contributed by atoms with van der Waals surface area (Å²) in [5, 5.41) is 0. The number of esters is 1. The fraction of sp³-hybridized carbons (Fsp3) is 0.118. The summed E-state index contributed by atoms with van der Waals surface area (Å²) in [6.07, 6.45) is 3.95. The molecule has 0 aliphatic heterocycles. The number of hydrogen-bond donors (Lipinski definition) is 0. The standard InChI is InChI=1S/C17H16O2/c1-13-7-3-4-8-14(13)11-12-15-9-5-6-10-16(15)17(18)19-2/h3-12H,1-2H3/b12-11+. The number of rotatable bonds is 3. The van der Waals surface area contributed by atoms with Crippen molar-refractivity contribution in [3.8, 4) is 0 Å². The van der Waals surface area contributed by atoms with Crippen molar-refractivity contribution in [1.82, 2.24) is 0 Å². The van der Waals surface area contributed by atoms with Gasteiger partial charge in [-0.3, -0.25) is 0 Å². The van der Waals surface area contributed by atoms with E-state index < -0.39 is 0 Å². The van der Waals surface area contributed by atoms with Crippen LogP contribution in [0.5, 0.6) is 0 Å². The van der Waals surface area contributed by atoms with Gasteiger partial charge in [-0.05, 0) is 29.7 Å². The van der Waals surface area contributed by atoms with Gasteiger partial charge in [0.05, 0.1) is 12.7 Å². The second-order valence-corrected chi connectivity index (χ2v) is 4.27. The SMILES string of the molecule is COC(=O)c1ccccc1/C=C/c1ccccc1C. The second kappa shape index (κ2) is 6.01. The van der Waals surface area contributed by atoms with E-state index in [-0.39, 0.29) is 5.97 Å². The Hall–Kier alpha value is -2.35. The molecule has 0 amide bonds. The van der Waals surface area contributed by atoms with Crippen molar-refractivity contribution in [3.05, 3.63) is 70.8 Å². The average Bonchev–Trinajstić information content (AvgIpc) is 2.46. The maximum absolute atomic E-state index is 11.7. The van der Waals surface area contributed by atoms with Crippen LogP contribution in [0.15, 0.2) is 48.5 Å². The Morgan fingerprint density at radius 2 is 1.53 bits per heavy atom. The lowest BCUT2D eigenvalue weighted by atomic mass is 10.0. The normalized spacial score (nSPS) is 10.6. The number of methoxy groups -OCH3 is 1. The third-order valence-electron chi connectivity index (χ3n) is 3.00. The Labute approximate surface area is 113 Å². The molecule has 2 aromatic carbocycles. The van der Waals surface area contributed by atoms with Crippen LogP contribution in [0.3, 0.4) is 0 Å². The molecule has 0 spiro atoms. The van der Waals surface area contributed by atoms with Crippen LogP contribution in [0.1, 0.15) is 27.0 Å². The minimum absolute atomic E-state index is 0.315. The first-order valence-electron chi connectivity index (χ1n) is 6.13. The minimum Gasteiger partial charge on any atom is -0.465 e. The summed E-state index contributed by atoms with van der Waals surface area (Å²) in [6.45, 7) is 2.06. The van der Waals surface area contributed by atoms with E-state index in [2.05, 4.69) is 13.0 Å². The van der Waals surface area contributed by atoms with Crippen LogP contribution in [0.2, 0.25) is 0 Å². The number of carbonyl (C=O) groups excluding carboxylic acids is 1. The van der Waals surface area contributed by atoms with Gasteiger partial charge in [-0.1, -0.05) is 54.6 Å². The highest BCUT2D eigenvalue weighted by molar-refractivity contribution is 5.94. The lowest BCUT2D eigenvalue weighted by Crippen LogP contribution is -2.03. The monoisotopic (exact) mass is 252 g/mol. The first-order chi connectivity index (χ1) is 9.22. The van der Waals surface area contributed by atoms with E-state index in [1.54, 1.807) is 6.07 Å². The number of hydrogen-bond acceptors (Lipinski definition) is 2.